The number of nitrogens with zero attached hydrogens (tertiary/aromatic N) is 2. The first-order chi connectivity index (χ1) is 8.36. The summed E-state index contributed by atoms with van der Waals surface area (Å²) in [5.74, 6) is 1.70. The molecule has 88 valence electrons. The van der Waals surface area contributed by atoms with Crippen LogP contribution in [0.5, 0.6) is 0 Å². The number of hydrogen-bond donors (Lipinski definition) is 1. The van der Waals surface area contributed by atoms with E-state index in [9.17, 15) is 0 Å². The van der Waals surface area contributed by atoms with Crippen molar-refractivity contribution in [2.45, 2.75) is 32.1 Å². The summed E-state index contributed by atoms with van der Waals surface area (Å²) in [5.41, 5.74) is 2.44. The number of aromatic nitrogens is 2. The predicted molar refractivity (Wildman–Crippen MR) is 70.2 cm³/mol. The molecule has 0 aromatic carbocycles. The minimum atomic E-state index is 0.790. The number of imidazole rings is 1. The molecule has 1 saturated carbocycles. The average Bonchev–Trinajstić information content (AvgIpc) is 3.10. The van der Waals surface area contributed by atoms with E-state index in [-0.39, 0.29) is 0 Å². The molecule has 0 bridgehead atoms. The van der Waals surface area contributed by atoms with Gasteiger partial charge in [-0.3, -0.25) is 0 Å². The predicted octanol–water partition coefficient (Wildman–Crippen LogP) is 3.55. The van der Waals surface area contributed by atoms with Crippen LogP contribution < -0.4 is 5.32 Å². The molecule has 1 aliphatic carbocycles. The van der Waals surface area contributed by atoms with Crippen LogP contribution in [-0.4, -0.2) is 9.38 Å². The molecule has 0 aliphatic heterocycles. The van der Waals surface area contributed by atoms with Crippen LogP contribution in [0.15, 0.2) is 36.8 Å². The lowest BCUT2D eigenvalue weighted by molar-refractivity contribution is 1.06. The molecule has 0 unspecified atom stereocenters. The maximum absolute atomic E-state index is 4.51. The zero-order valence-corrected chi connectivity index (χ0v) is 10.1. The first-order valence-electron chi connectivity index (χ1n) is 6.27. The second-order valence-corrected chi connectivity index (χ2v) is 4.58. The van der Waals surface area contributed by atoms with Gasteiger partial charge in [-0.2, -0.15) is 0 Å². The molecule has 0 radical (unpaired) electrons. The summed E-state index contributed by atoms with van der Waals surface area (Å²) in [4.78, 5) is 4.51. The molecule has 0 amide bonds. The van der Waals surface area contributed by atoms with Gasteiger partial charge in [0.15, 0.2) is 0 Å². The Bertz CT molecular complexity index is 550. The third kappa shape index (κ3) is 2.18. The quantitative estimate of drug-likeness (QED) is 0.865. The Labute approximate surface area is 101 Å². The maximum Gasteiger partial charge on any atom is 0.149 e. The SMILES string of the molecule is CC/C=C\Nc1cn2cc(C3CC3)ccc2n1. The van der Waals surface area contributed by atoms with E-state index in [1.165, 1.54) is 18.4 Å². The Kier molecular flexibility index (Phi) is 2.59. The van der Waals surface area contributed by atoms with E-state index in [1.54, 1.807) is 0 Å². The Hall–Kier alpha value is -1.77. The van der Waals surface area contributed by atoms with Crippen molar-refractivity contribution in [3.05, 3.63) is 42.4 Å². The number of anilines is 1. The molecular weight excluding hydrogens is 210 g/mol. The summed E-state index contributed by atoms with van der Waals surface area (Å²) in [7, 11) is 0. The number of fused-ring (bicyclic) bond motifs is 1. The van der Waals surface area contributed by atoms with Crippen molar-refractivity contribution in [1.82, 2.24) is 9.38 Å². The summed E-state index contributed by atoms with van der Waals surface area (Å²) >= 11 is 0. The largest absolute Gasteiger partial charge is 0.346 e. The van der Waals surface area contributed by atoms with E-state index in [1.807, 2.05) is 12.4 Å². The highest BCUT2D eigenvalue weighted by Gasteiger charge is 2.23. The fourth-order valence-electron chi connectivity index (χ4n) is 2.00. The monoisotopic (exact) mass is 227 g/mol. The highest BCUT2D eigenvalue weighted by molar-refractivity contribution is 5.51. The van der Waals surface area contributed by atoms with Crippen LogP contribution in [0, 0.1) is 0 Å². The normalized spacial score (nSPS) is 15.8. The summed E-state index contributed by atoms with van der Waals surface area (Å²) < 4.78 is 2.11. The average molecular weight is 227 g/mol. The molecule has 3 heteroatoms. The zero-order chi connectivity index (χ0) is 11.7. The van der Waals surface area contributed by atoms with Crippen LogP contribution in [-0.2, 0) is 0 Å². The molecule has 2 aromatic heterocycles. The molecule has 0 saturated heterocycles. The van der Waals surface area contributed by atoms with Gasteiger partial charge in [0.2, 0.25) is 0 Å². The number of nitrogens with one attached hydrogen (secondary N) is 1. The third-order valence-corrected chi connectivity index (χ3v) is 3.11. The fraction of sp³-hybridized carbons (Fsp3) is 0.357. The van der Waals surface area contributed by atoms with Gasteiger partial charge in [-0.05, 0) is 43.0 Å². The number of rotatable bonds is 4. The molecule has 1 aliphatic rings. The van der Waals surface area contributed by atoms with E-state index in [0.717, 1.165) is 23.8 Å². The van der Waals surface area contributed by atoms with Gasteiger partial charge in [-0.15, -0.1) is 0 Å². The van der Waals surface area contributed by atoms with Crippen LogP contribution >= 0.6 is 0 Å². The molecule has 2 aromatic rings. The Morgan fingerprint density at radius 2 is 2.29 bits per heavy atom. The van der Waals surface area contributed by atoms with E-state index in [0.29, 0.717) is 0 Å². The second kappa shape index (κ2) is 4.24. The summed E-state index contributed by atoms with van der Waals surface area (Å²) in [6.45, 7) is 2.11. The maximum atomic E-state index is 4.51. The molecule has 0 atom stereocenters. The lowest BCUT2D eigenvalue weighted by Crippen LogP contribution is -1.86. The van der Waals surface area contributed by atoms with Crippen LogP contribution in [0.3, 0.4) is 0 Å². The van der Waals surface area contributed by atoms with Crippen molar-refractivity contribution in [3.8, 4) is 0 Å². The highest BCUT2D eigenvalue weighted by Crippen LogP contribution is 2.39. The van der Waals surface area contributed by atoms with E-state index >= 15 is 0 Å². The van der Waals surface area contributed by atoms with Crippen LogP contribution in [0.1, 0.15) is 37.7 Å². The number of pyridine rings is 1. The highest BCUT2D eigenvalue weighted by atomic mass is 15.1. The van der Waals surface area contributed by atoms with Gasteiger partial charge in [0, 0.05) is 6.20 Å². The Balaban J connectivity index is 1.87. The molecule has 3 rings (SSSR count). The van der Waals surface area contributed by atoms with Gasteiger partial charge >= 0.3 is 0 Å². The van der Waals surface area contributed by atoms with E-state index in [4.69, 9.17) is 0 Å². The van der Waals surface area contributed by atoms with Gasteiger partial charge in [-0.1, -0.05) is 19.1 Å². The lowest BCUT2D eigenvalue weighted by atomic mass is 10.2. The first kappa shape index (κ1) is 10.4. The summed E-state index contributed by atoms with van der Waals surface area (Å²) in [6.07, 6.45) is 12.0. The molecule has 2 heterocycles. The Morgan fingerprint density at radius 1 is 1.41 bits per heavy atom. The van der Waals surface area contributed by atoms with Crippen LogP contribution in [0.2, 0.25) is 0 Å². The zero-order valence-electron chi connectivity index (χ0n) is 10.1. The molecule has 1 fully saturated rings. The summed E-state index contributed by atoms with van der Waals surface area (Å²) in [5, 5.41) is 3.19. The van der Waals surface area contributed by atoms with Crippen molar-refractivity contribution >= 4 is 11.5 Å². The number of hydrogen-bond acceptors (Lipinski definition) is 2. The Morgan fingerprint density at radius 3 is 3.06 bits per heavy atom. The van der Waals surface area contributed by atoms with Gasteiger partial charge in [0.1, 0.15) is 11.5 Å². The van der Waals surface area contributed by atoms with Crippen molar-refractivity contribution in [2.24, 2.45) is 0 Å². The standard InChI is InChI=1S/C14H17N3/c1-2-3-8-15-13-10-17-9-12(11-4-5-11)6-7-14(17)16-13/h3,6-11,15H,2,4-5H2,1H3/b8-3-. The van der Waals surface area contributed by atoms with Gasteiger partial charge in [-0.25, -0.2) is 4.98 Å². The van der Waals surface area contributed by atoms with Crippen molar-refractivity contribution in [3.63, 3.8) is 0 Å². The minimum absolute atomic E-state index is 0.790. The molecule has 1 N–H and O–H groups in total. The van der Waals surface area contributed by atoms with E-state index in [2.05, 4.69) is 46.0 Å². The fourth-order valence-corrected chi connectivity index (χ4v) is 2.00. The minimum Gasteiger partial charge on any atom is -0.346 e. The van der Waals surface area contributed by atoms with E-state index < -0.39 is 0 Å². The molecular formula is C14H17N3. The third-order valence-electron chi connectivity index (χ3n) is 3.11. The van der Waals surface area contributed by atoms with Crippen LogP contribution in [0.4, 0.5) is 5.82 Å². The lowest BCUT2D eigenvalue weighted by Gasteiger charge is -1.98. The molecule has 3 nitrogen and oxygen atoms in total. The van der Waals surface area contributed by atoms with Crippen molar-refractivity contribution in [2.75, 3.05) is 5.32 Å². The number of allylic oxidation sites excluding steroid dienone is 1. The topological polar surface area (TPSA) is 29.3 Å². The summed E-state index contributed by atoms with van der Waals surface area (Å²) in [6, 6.07) is 4.30. The first-order valence-corrected chi connectivity index (χ1v) is 6.27. The van der Waals surface area contributed by atoms with Crippen LogP contribution in [0.25, 0.3) is 5.65 Å². The second-order valence-electron chi connectivity index (χ2n) is 4.58. The van der Waals surface area contributed by atoms with Crippen molar-refractivity contribution in [1.29, 1.82) is 0 Å². The van der Waals surface area contributed by atoms with Gasteiger partial charge in [0.25, 0.3) is 0 Å². The molecule has 0 spiro atoms. The molecule has 17 heavy (non-hydrogen) atoms. The smallest absolute Gasteiger partial charge is 0.149 e. The van der Waals surface area contributed by atoms with Gasteiger partial charge < -0.3 is 9.72 Å². The van der Waals surface area contributed by atoms with Crippen molar-refractivity contribution < 1.29 is 0 Å². The van der Waals surface area contributed by atoms with Gasteiger partial charge in [0.05, 0.1) is 6.20 Å².